The molecule has 4 aromatic rings. The molecule has 0 radical (unpaired) electrons. The fourth-order valence-electron chi connectivity index (χ4n) is 4.79. The van der Waals surface area contributed by atoms with Gasteiger partial charge in [0.15, 0.2) is 12.0 Å². The van der Waals surface area contributed by atoms with Crippen molar-refractivity contribution in [3.8, 4) is 18.0 Å². The molecule has 254 valence electrons. The Hall–Kier alpha value is -4.90. The maximum atomic E-state index is 14.4. The second-order valence-corrected chi connectivity index (χ2v) is 11.6. The fraction of sp³-hybridized carbons (Fsp3) is 0.412. The van der Waals surface area contributed by atoms with Gasteiger partial charge >= 0.3 is 6.18 Å². The normalized spacial score (nSPS) is 15.5. The van der Waals surface area contributed by atoms with E-state index in [0.29, 0.717) is 0 Å². The predicted molar refractivity (Wildman–Crippen MR) is 182 cm³/mol. The molecule has 10 nitrogen and oxygen atoms in total. The molecule has 4 rings (SSSR count). The zero-order chi connectivity index (χ0) is 34.9. The molecule has 0 aliphatic carbocycles. The van der Waals surface area contributed by atoms with Crippen LogP contribution in [0.4, 0.5) is 29.3 Å². The second-order valence-electron chi connectivity index (χ2n) is 11.6. The highest BCUT2D eigenvalue weighted by molar-refractivity contribution is 6.10. The second kappa shape index (κ2) is 15.8. The molecule has 3 N–H and O–H groups in total. The van der Waals surface area contributed by atoms with Crippen molar-refractivity contribution < 1.29 is 17.6 Å². The van der Waals surface area contributed by atoms with Gasteiger partial charge in [0.1, 0.15) is 23.7 Å². The zero-order valence-electron chi connectivity index (χ0n) is 27.6. The molecule has 3 heterocycles. The number of halogens is 4. The summed E-state index contributed by atoms with van der Waals surface area (Å²) in [6.07, 6.45) is 5.52. The highest BCUT2D eigenvalue weighted by Crippen LogP contribution is 2.38. The van der Waals surface area contributed by atoms with Crippen LogP contribution in [0.1, 0.15) is 71.2 Å². The van der Waals surface area contributed by atoms with E-state index < -0.39 is 17.9 Å². The van der Waals surface area contributed by atoms with Gasteiger partial charge in [0.05, 0.1) is 29.6 Å². The minimum atomic E-state index is -4.61. The number of pyridine rings is 1. The largest absolute Gasteiger partial charge is 0.411 e. The Morgan fingerprint density at radius 2 is 1.83 bits per heavy atom. The first kappa shape index (κ1) is 35.9. The maximum absolute atomic E-state index is 14.4. The molecule has 0 aliphatic rings. The van der Waals surface area contributed by atoms with Gasteiger partial charge in [-0.2, -0.15) is 23.3 Å². The minimum Gasteiger partial charge on any atom is -0.354 e. The third-order valence-electron chi connectivity index (χ3n) is 7.89. The van der Waals surface area contributed by atoms with Crippen molar-refractivity contribution in [3.63, 3.8) is 0 Å². The molecule has 14 heteroatoms. The van der Waals surface area contributed by atoms with Crippen LogP contribution in [0.5, 0.6) is 0 Å². The van der Waals surface area contributed by atoms with Crippen molar-refractivity contribution in [1.82, 2.24) is 35.0 Å². The minimum absolute atomic E-state index is 0.0719. The first-order valence-corrected chi connectivity index (χ1v) is 15.7. The molecule has 4 unspecified atom stereocenters. The smallest absolute Gasteiger partial charge is 0.354 e. The van der Waals surface area contributed by atoms with Crippen LogP contribution in [-0.2, 0) is 0 Å². The van der Waals surface area contributed by atoms with Gasteiger partial charge in [-0.1, -0.05) is 38.3 Å². The number of fused-ring (bicyclic) bond motifs is 1. The highest BCUT2D eigenvalue weighted by Gasteiger charge is 2.51. The number of aliphatic imine (C=N–C) groups is 1. The lowest BCUT2D eigenvalue weighted by Gasteiger charge is -2.33. The average Bonchev–Trinajstić information content (AvgIpc) is 3.61. The third-order valence-corrected chi connectivity index (χ3v) is 7.89. The van der Waals surface area contributed by atoms with E-state index in [1.807, 2.05) is 51.0 Å². The Morgan fingerprint density at radius 3 is 2.46 bits per heavy atom. The molecule has 4 atom stereocenters. The lowest BCUT2D eigenvalue weighted by atomic mass is 9.95. The Labute approximate surface area is 277 Å². The molecular weight excluding hydrogens is 624 g/mol. The van der Waals surface area contributed by atoms with E-state index in [1.54, 1.807) is 30.1 Å². The fourth-order valence-corrected chi connectivity index (χ4v) is 4.79. The number of aromatic nitrogens is 6. The number of terminal acetylenes is 1. The molecule has 0 aliphatic heterocycles. The number of benzene rings is 1. The Kier molecular flexibility index (Phi) is 11.8. The van der Waals surface area contributed by atoms with Crippen LogP contribution >= 0.6 is 0 Å². The number of anilines is 2. The predicted octanol–water partition coefficient (Wildman–Crippen LogP) is 7.08. The van der Waals surface area contributed by atoms with Crippen molar-refractivity contribution in [2.45, 2.75) is 83.9 Å². The molecule has 3 aromatic heterocycles. The molecule has 0 fully saturated rings. The Morgan fingerprint density at radius 1 is 1.08 bits per heavy atom. The summed E-state index contributed by atoms with van der Waals surface area (Å²) >= 11 is 0. The molecule has 0 spiro atoms. The topological polar surface area (TPSA) is 118 Å². The molecule has 0 saturated heterocycles. The number of rotatable bonds is 15. The van der Waals surface area contributed by atoms with Gasteiger partial charge in [0.2, 0.25) is 5.95 Å². The van der Waals surface area contributed by atoms with E-state index in [1.165, 1.54) is 18.6 Å². The first-order valence-electron chi connectivity index (χ1n) is 15.7. The molecular formula is C34H40F4N10. The monoisotopic (exact) mass is 664 g/mol. The summed E-state index contributed by atoms with van der Waals surface area (Å²) in [5, 5.41) is 13.2. The van der Waals surface area contributed by atoms with Crippen LogP contribution in [0.3, 0.4) is 0 Å². The van der Waals surface area contributed by atoms with Crippen LogP contribution in [-0.4, -0.2) is 66.5 Å². The van der Waals surface area contributed by atoms with Gasteiger partial charge in [0, 0.05) is 17.8 Å². The number of nitrogens with one attached hydrogen (secondary N) is 3. The summed E-state index contributed by atoms with van der Waals surface area (Å²) in [4.78, 5) is 22.0. The van der Waals surface area contributed by atoms with Gasteiger partial charge < -0.3 is 10.6 Å². The van der Waals surface area contributed by atoms with Crippen molar-refractivity contribution in [2.75, 3.05) is 17.3 Å². The van der Waals surface area contributed by atoms with Crippen LogP contribution in [0.25, 0.3) is 22.3 Å². The average molecular weight is 665 g/mol. The summed E-state index contributed by atoms with van der Waals surface area (Å²) in [5.74, 6) is 1.98. The lowest BCUT2D eigenvalue weighted by Crippen LogP contribution is -2.49. The van der Waals surface area contributed by atoms with E-state index in [9.17, 15) is 17.6 Å². The van der Waals surface area contributed by atoms with E-state index in [4.69, 9.17) is 6.42 Å². The van der Waals surface area contributed by atoms with Crippen molar-refractivity contribution in [2.24, 2.45) is 4.99 Å². The van der Waals surface area contributed by atoms with E-state index in [2.05, 4.69) is 46.0 Å². The summed E-state index contributed by atoms with van der Waals surface area (Å²) in [6.45, 7) is 8.95. The molecule has 1 aromatic carbocycles. The van der Waals surface area contributed by atoms with Crippen molar-refractivity contribution in [1.29, 1.82) is 0 Å². The van der Waals surface area contributed by atoms with Crippen LogP contribution < -0.4 is 16.0 Å². The number of hydrogen-bond acceptors (Lipinski definition) is 9. The summed E-state index contributed by atoms with van der Waals surface area (Å²) < 4.78 is 59.4. The van der Waals surface area contributed by atoms with E-state index in [-0.39, 0.29) is 65.7 Å². The highest BCUT2D eigenvalue weighted by atomic mass is 19.4. The Balaban J connectivity index is 1.75. The van der Waals surface area contributed by atoms with E-state index >= 15 is 0 Å². The summed E-state index contributed by atoms with van der Waals surface area (Å²) in [6, 6.07) is 10.6. The van der Waals surface area contributed by atoms with Gasteiger partial charge in [-0.05, 0) is 69.5 Å². The van der Waals surface area contributed by atoms with Crippen molar-refractivity contribution in [3.05, 3.63) is 66.4 Å². The first-order chi connectivity index (χ1) is 22.9. The summed E-state index contributed by atoms with van der Waals surface area (Å²) in [7, 11) is 0. The molecule has 0 amide bonds. The van der Waals surface area contributed by atoms with E-state index in [0.717, 1.165) is 24.6 Å². The van der Waals surface area contributed by atoms with Crippen LogP contribution in [0.2, 0.25) is 0 Å². The number of allylic oxidation sites excluding steroid dienone is 2. The standard InChI is InChI=1S/C34H40F4N10/c1-7-16-33(6,34(36,37)38)47-31-30-29(15-14-28(44-30)25(17-26(35)9-3)18-39-19-41-22(4)8-2)45-32(46-31)43-23(5)24-10-12-27(13-11-24)48-21-40-20-42-48/h3,10-15,17-18,20-23,26,41H,7-8,16,19H2,1-2,4-6H3,(H2,43,45,46,47)/b25-17+,39-18-. The zero-order valence-corrected chi connectivity index (χ0v) is 27.6. The maximum Gasteiger partial charge on any atom is 0.411 e. The van der Waals surface area contributed by atoms with Gasteiger partial charge in [-0.3, -0.25) is 10.3 Å². The van der Waals surface area contributed by atoms with Gasteiger partial charge in [-0.25, -0.2) is 24.0 Å². The van der Waals surface area contributed by atoms with Crippen LogP contribution in [0.15, 0.2) is 60.1 Å². The quantitative estimate of drug-likeness (QED) is 0.0701. The van der Waals surface area contributed by atoms with Crippen molar-refractivity contribution >= 4 is 34.6 Å². The molecule has 0 saturated carbocycles. The van der Waals surface area contributed by atoms with Crippen LogP contribution in [0, 0.1) is 12.3 Å². The molecule has 0 bridgehead atoms. The van der Waals surface area contributed by atoms with Gasteiger partial charge in [-0.15, -0.1) is 6.42 Å². The summed E-state index contributed by atoms with van der Waals surface area (Å²) in [5.41, 5.74) is 0.215. The third kappa shape index (κ3) is 8.92. The molecule has 48 heavy (non-hydrogen) atoms. The number of alkyl halides is 4. The SMILES string of the molecule is C#CC(F)/C=C(\C=N/CNC(C)CC)c1ccc2nc(NC(C)c3ccc(-n4cncn4)cc3)nc(NC(C)(CCC)C(F)(F)F)c2n1. The Bertz CT molecular complexity index is 1750. The lowest BCUT2D eigenvalue weighted by molar-refractivity contribution is -0.175. The van der Waals surface area contributed by atoms with Gasteiger partial charge in [0.25, 0.3) is 0 Å². The number of hydrogen-bond donors (Lipinski definition) is 3. The number of nitrogens with zero attached hydrogens (tertiary/aromatic N) is 7.